The van der Waals surface area contributed by atoms with Crippen molar-refractivity contribution in [2.75, 3.05) is 6.79 Å². The monoisotopic (exact) mass is 391 g/mol. The van der Waals surface area contributed by atoms with Gasteiger partial charge in [0.1, 0.15) is 23.5 Å². The molecule has 154 valence electrons. The third kappa shape index (κ3) is 5.73. The van der Waals surface area contributed by atoms with Gasteiger partial charge in [-0.1, -0.05) is 19.9 Å². The molecule has 3 atom stereocenters. The van der Waals surface area contributed by atoms with Crippen molar-refractivity contribution in [1.29, 1.82) is 5.26 Å². The number of hydrogen-bond acceptors (Lipinski definition) is 6. The van der Waals surface area contributed by atoms with Crippen molar-refractivity contribution < 1.29 is 23.8 Å². The number of esters is 1. The molecule has 0 radical (unpaired) electrons. The highest BCUT2D eigenvalue weighted by atomic mass is 16.7. The fourth-order valence-corrected chi connectivity index (χ4v) is 3.31. The first-order valence-electron chi connectivity index (χ1n) is 9.46. The molecular formula is C20H29N3O5. The zero-order valence-corrected chi connectivity index (χ0v) is 16.9. The van der Waals surface area contributed by atoms with E-state index in [1.807, 2.05) is 39.8 Å². The van der Waals surface area contributed by atoms with Crippen LogP contribution in [0.15, 0.2) is 23.5 Å². The summed E-state index contributed by atoms with van der Waals surface area (Å²) in [6.45, 7) is 7.41. The fourth-order valence-electron chi connectivity index (χ4n) is 3.31. The number of nitriles is 1. The van der Waals surface area contributed by atoms with E-state index in [0.29, 0.717) is 19.3 Å². The molecule has 3 N–H and O–H groups in total. The van der Waals surface area contributed by atoms with E-state index in [9.17, 15) is 9.59 Å². The number of carbonyl (C=O) groups is 2. The van der Waals surface area contributed by atoms with Gasteiger partial charge in [0.15, 0.2) is 6.79 Å². The molecule has 1 aliphatic carbocycles. The van der Waals surface area contributed by atoms with Crippen LogP contribution >= 0.6 is 0 Å². The lowest BCUT2D eigenvalue weighted by Gasteiger charge is -2.42. The quantitative estimate of drug-likeness (QED) is 0.508. The number of amides is 2. The largest absolute Gasteiger partial charge is 0.485 e. The third-order valence-electron chi connectivity index (χ3n) is 4.77. The van der Waals surface area contributed by atoms with Gasteiger partial charge in [-0.05, 0) is 44.3 Å². The molecule has 1 fully saturated rings. The van der Waals surface area contributed by atoms with Crippen molar-refractivity contribution >= 4 is 12.0 Å². The van der Waals surface area contributed by atoms with Crippen molar-refractivity contribution in [2.45, 2.75) is 64.7 Å². The van der Waals surface area contributed by atoms with Gasteiger partial charge < -0.3 is 25.3 Å². The highest BCUT2D eigenvalue weighted by molar-refractivity contribution is 5.82. The number of rotatable bonds is 7. The second-order valence-electron chi connectivity index (χ2n) is 8.07. The lowest BCUT2D eigenvalue weighted by atomic mass is 9.85. The number of fused-ring (bicyclic) bond motifs is 1. The maximum absolute atomic E-state index is 12.3. The topological polar surface area (TPSA) is 124 Å². The fraction of sp³-hybridized carbons (Fsp3) is 0.650. The molecule has 8 nitrogen and oxygen atoms in total. The first kappa shape index (κ1) is 21.8. The molecule has 1 saturated heterocycles. The average Bonchev–Trinajstić information content (AvgIpc) is 2.59. The Kier molecular flexibility index (Phi) is 7.08. The van der Waals surface area contributed by atoms with Crippen molar-refractivity contribution in [3.63, 3.8) is 0 Å². The molecular weight excluding hydrogens is 362 g/mol. The first-order chi connectivity index (χ1) is 13.1. The molecule has 2 amide bonds. The summed E-state index contributed by atoms with van der Waals surface area (Å²) in [7, 11) is 0. The summed E-state index contributed by atoms with van der Waals surface area (Å²) in [6, 6.07) is 0.650. The SMILES string of the molecule is CC(C)C[C@H](NC(N)=O)C(=O)OCO[C@H]1CC2=CC(C#N)CC=C2OC1(C)C. The maximum atomic E-state index is 12.3. The van der Waals surface area contributed by atoms with Gasteiger partial charge in [0.25, 0.3) is 0 Å². The van der Waals surface area contributed by atoms with Crippen LogP contribution in [-0.2, 0) is 19.0 Å². The van der Waals surface area contributed by atoms with E-state index < -0.39 is 23.6 Å². The predicted octanol–water partition coefficient (Wildman–Crippen LogP) is 2.51. The van der Waals surface area contributed by atoms with Gasteiger partial charge in [-0.3, -0.25) is 0 Å². The van der Waals surface area contributed by atoms with Crippen LogP contribution in [0.3, 0.4) is 0 Å². The van der Waals surface area contributed by atoms with Crippen molar-refractivity contribution in [2.24, 2.45) is 17.6 Å². The summed E-state index contributed by atoms with van der Waals surface area (Å²) in [5, 5.41) is 11.5. The van der Waals surface area contributed by atoms with Crippen molar-refractivity contribution in [3.05, 3.63) is 23.5 Å². The van der Waals surface area contributed by atoms with E-state index in [1.54, 1.807) is 0 Å². The minimum Gasteiger partial charge on any atom is -0.485 e. The van der Waals surface area contributed by atoms with Gasteiger partial charge in [-0.25, -0.2) is 9.59 Å². The number of nitrogens with zero attached hydrogens (tertiary/aromatic N) is 1. The second kappa shape index (κ2) is 9.11. The van der Waals surface area contributed by atoms with Gasteiger partial charge >= 0.3 is 12.0 Å². The number of nitrogens with two attached hydrogens (primary N) is 1. The zero-order chi connectivity index (χ0) is 20.9. The highest BCUT2D eigenvalue weighted by Crippen LogP contribution is 2.39. The molecule has 0 spiro atoms. The molecule has 28 heavy (non-hydrogen) atoms. The van der Waals surface area contributed by atoms with Crippen LogP contribution < -0.4 is 11.1 Å². The van der Waals surface area contributed by atoms with E-state index in [2.05, 4.69) is 11.4 Å². The third-order valence-corrected chi connectivity index (χ3v) is 4.77. The molecule has 8 heteroatoms. The summed E-state index contributed by atoms with van der Waals surface area (Å²) in [6.07, 6.45) is 5.10. The van der Waals surface area contributed by atoms with Crippen LogP contribution in [0.5, 0.6) is 0 Å². The number of nitrogens with one attached hydrogen (secondary N) is 1. The number of urea groups is 1. The van der Waals surface area contributed by atoms with Crippen LogP contribution in [0.1, 0.15) is 47.0 Å². The van der Waals surface area contributed by atoms with Gasteiger partial charge in [0, 0.05) is 6.42 Å². The molecule has 1 unspecified atom stereocenters. The Morgan fingerprint density at radius 3 is 2.79 bits per heavy atom. The Labute approximate surface area is 165 Å². The van der Waals surface area contributed by atoms with Crippen LogP contribution in [0.4, 0.5) is 4.79 Å². The van der Waals surface area contributed by atoms with Crippen molar-refractivity contribution in [1.82, 2.24) is 5.32 Å². The Morgan fingerprint density at radius 1 is 1.46 bits per heavy atom. The summed E-state index contributed by atoms with van der Waals surface area (Å²) in [4.78, 5) is 23.4. The summed E-state index contributed by atoms with van der Waals surface area (Å²) in [5.74, 6) is 0.200. The minimum absolute atomic E-state index is 0.168. The number of primary amides is 1. The predicted molar refractivity (Wildman–Crippen MR) is 101 cm³/mol. The lowest BCUT2D eigenvalue weighted by molar-refractivity contribution is -0.183. The molecule has 1 heterocycles. The number of allylic oxidation sites excluding steroid dienone is 3. The Bertz CT molecular complexity index is 705. The smallest absolute Gasteiger partial charge is 0.330 e. The molecule has 0 saturated carbocycles. The van der Waals surface area contributed by atoms with Gasteiger partial charge in [-0.2, -0.15) is 5.26 Å². The molecule has 0 aromatic carbocycles. The standard InChI is InChI=1S/C20H29N3O5/c1-12(2)7-15(23-19(22)25)18(24)27-11-26-17-9-14-8-13(10-21)5-6-16(14)28-20(17,3)4/h6,8,12-13,15,17H,5,7,9,11H2,1-4H3,(H3,22,23,25)/t13?,15-,17-/m0/s1. The molecule has 0 bridgehead atoms. The number of hydrogen-bond donors (Lipinski definition) is 2. The van der Waals surface area contributed by atoms with Crippen LogP contribution in [-0.4, -0.2) is 36.5 Å². The van der Waals surface area contributed by atoms with Gasteiger partial charge in [-0.15, -0.1) is 0 Å². The summed E-state index contributed by atoms with van der Waals surface area (Å²) < 4.78 is 17.0. The van der Waals surface area contributed by atoms with E-state index >= 15 is 0 Å². The average molecular weight is 391 g/mol. The Morgan fingerprint density at radius 2 is 2.18 bits per heavy atom. The maximum Gasteiger partial charge on any atom is 0.330 e. The molecule has 2 aliphatic rings. The molecule has 0 aromatic rings. The van der Waals surface area contributed by atoms with E-state index in [0.717, 1.165) is 11.3 Å². The van der Waals surface area contributed by atoms with Crippen LogP contribution in [0.25, 0.3) is 0 Å². The van der Waals surface area contributed by atoms with Crippen LogP contribution in [0.2, 0.25) is 0 Å². The molecule has 0 aromatic heterocycles. The molecule has 1 aliphatic heterocycles. The van der Waals surface area contributed by atoms with Crippen molar-refractivity contribution in [3.8, 4) is 6.07 Å². The van der Waals surface area contributed by atoms with E-state index in [1.165, 1.54) is 0 Å². The zero-order valence-electron chi connectivity index (χ0n) is 16.9. The van der Waals surface area contributed by atoms with Gasteiger partial charge in [0.05, 0.1) is 12.0 Å². The summed E-state index contributed by atoms with van der Waals surface area (Å²) >= 11 is 0. The summed E-state index contributed by atoms with van der Waals surface area (Å²) in [5.41, 5.74) is 5.45. The van der Waals surface area contributed by atoms with Gasteiger partial charge in [0.2, 0.25) is 0 Å². The lowest BCUT2D eigenvalue weighted by Crippen LogP contribution is -2.47. The first-order valence-corrected chi connectivity index (χ1v) is 9.46. The minimum atomic E-state index is -0.816. The Balaban J connectivity index is 1.94. The number of ether oxygens (including phenoxy) is 3. The number of carbonyl (C=O) groups excluding carboxylic acids is 2. The second-order valence-corrected chi connectivity index (χ2v) is 8.07. The highest BCUT2D eigenvalue weighted by Gasteiger charge is 2.40. The van der Waals surface area contributed by atoms with E-state index in [4.69, 9.17) is 25.2 Å². The molecule has 2 rings (SSSR count). The van der Waals surface area contributed by atoms with Crippen LogP contribution in [0, 0.1) is 23.2 Å². The normalized spacial score (nSPS) is 24.0. The van der Waals surface area contributed by atoms with E-state index in [-0.39, 0.29) is 24.7 Å². The Hall–Kier alpha value is -2.53.